The van der Waals surface area contributed by atoms with Crippen LogP contribution in [-0.2, 0) is 5.88 Å². The fraction of sp³-hybridized carbons (Fsp3) is 0.353. The molecule has 1 atom stereocenters. The molecule has 0 saturated heterocycles. The summed E-state index contributed by atoms with van der Waals surface area (Å²) in [5.74, 6) is 1.40. The van der Waals surface area contributed by atoms with Gasteiger partial charge in [-0.1, -0.05) is 23.7 Å². The van der Waals surface area contributed by atoms with Crippen LogP contribution in [0.5, 0.6) is 0 Å². The normalized spacial score (nSPS) is 12.3. The van der Waals surface area contributed by atoms with E-state index in [9.17, 15) is 0 Å². The van der Waals surface area contributed by atoms with E-state index in [4.69, 9.17) is 23.2 Å². The molecule has 1 aromatic carbocycles. The topological polar surface area (TPSA) is 16.1 Å². The SMILES string of the molecule is Cc1cc(C)c(CCl)c(N(C)C(C)c2cccc(Cl)c2)n1. The zero-order chi connectivity index (χ0) is 15.6. The Hall–Kier alpha value is -1.25. The van der Waals surface area contributed by atoms with Crippen LogP contribution >= 0.6 is 23.2 Å². The van der Waals surface area contributed by atoms with Gasteiger partial charge in [0.05, 0.1) is 11.9 Å². The molecule has 0 aliphatic heterocycles. The number of halogens is 2. The maximum Gasteiger partial charge on any atom is 0.133 e. The maximum absolute atomic E-state index is 6.12. The molecular formula is C17H20Cl2N2. The molecule has 2 rings (SSSR count). The van der Waals surface area contributed by atoms with Gasteiger partial charge in [0.1, 0.15) is 5.82 Å². The molecule has 1 heterocycles. The van der Waals surface area contributed by atoms with E-state index < -0.39 is 0 Å². The predicted octanol–water partition coefficient (Wildman–Crippen LogP) is 5.29. The fourth-order valence-corrected chi connectivity index (χ4v) is 3.00. The first kappa shape index (κ1) is 16.1. The third kappa shape index (κ3) is 3.50. The summed E-state index contributed by atoms with van der Waals surface area (Å²) in [4.78, 5) is 6.84. The lowest BCUT2D eigenvalue weighted by molar-refractivity contribution is 0.723. The van der Waals surface area contributed by atoms with Crippen LogP contribution in [0.15, 0.2) is 30.3 Å². The Bertz CT molecular complexity index is 641. The molecule has 0 aliphatic rings. The summed E-state index contributed by atoms with van der Waals surface area (Å²) >= 11 is 12.2. The van der Waals surface area contributed by atoms with Crippen molar-refractivity contribution in [1.82, 2.24) is 4.98 Å². The van der Waals surface area contributed by atoms with Crippen molar-refractivity contribution in [1.29, 1.82) is 0 Å². The Labute approximate surface area is 136 Å². The van der Waals surface area contributed by atoms with Crippen LogP contribution in [0.1, 0.15) is 35.3 Å². The largest absolute Gasteiger partial charge is 0.353 e. The standard InChI is InChI=1S/C17H20Cl2N2/c1-11-8-12(2)20-17(16(11)10-18)21(4)13(3)14-6-5-7-15(19)9-14/h5-9,13H,10H2,1-4H3. The number of pyridine rings is 1. The first-order valence-corrected chi connectivity index (χ1v) is 7.86. The summed E-state index contributed by atoms with van der Waals surface area (Å²) in [5.41, 5.74) is 4.42. The molecule has 2 nitrogen and oxygen atoms in total. The number of hydrogen-bond acceptors (Lipinski definition) is 2. The smallest absolute Gasteiger partial charge is 0.133 e. The average Bonchev–Trinajstić information content (AvgIpc) is 2.45. The molecule has 0 spiro atoms. The fourth-order valence-electron chi connectivity index (χ4n) is 2.47. The Balaban J connectivity index is 2.42. The van der Waals surface area contributed by atoms with Crippen LogP contribution in [0, 0.1) is 13.8 Å². The van der Waals surface area contributed by atoms with Crippen molar-refractivity contribution in [3.63, 3.8) is 0 Å². The van der Waals surface area contributed by atoms with Crippen LogP contribution in [0.3, 0.4) is 0 Å². The first-order chi connectivity index (χ1) is 9.93. The quantitative estimate of drug-likeness (QED) is 0.711. The van der Waals surface area contributed by atoms with Crippen LogP contribution in [0.4, 0.5) is 5.82 Å². The van der Waals surface area contributed by atoms with Gasteiger partial charge in [-0.05, 0) is 50.1 Å². The van der Waals surface area contributed by atoms with E-state index >= 15 is 0 Å². The molecule has 1 aromatic heterocycles. The van der Waals surface area contributed by atoms with Crippen molar-refractivity contribution in [2.75, 3.05) is 11.9 Å². The van der Waals surface area contributed by atoms with Gasteiger partial charge in [0, 0.05) is 23.3 Å². The highest BCUT2D eigenvalue weighted by atomic mass is 35.5. The lowest BCUT2D eigenvalue weighted by Gasteiger charge is -2.29. The highest BCUT2D eigenvalue weighted by Crippen LogP contribution is 2.30. The molecule has 0 saturated carbocycles. The van der Waals surface area contributed by atoms with E-state index in [0.29, 0.717) is 5.88 Å². The van der Waals surface area contributed by atoms with Crippen LogP contribution in [-0.4, -0.2) is 12.0 Å². The van der Waals surface area contributed by atoms with Gasteiger partial charge in [-0.3, -0.25) is 0 Å². The van der Waals surface area contributed by atoms with Crippen molar-refractivity contribution in [3.8, 4) is 0 Å². The molecule has 0 radical (unpaired) electrons. The van der Waals surface area contributed by atoms with E-state index in [2.05, 4.69) is 35.9 Å². The minimum absolute atomic E-state index is 0.166. The van der Waals surface area contributed by atoms with Crippen molar-refractivity contribution >= 4 is 29.0 Å². The Morgan fingerprint density at radius 1 is 1.24 bits per heavy atom. The van der Waals surface area contributed by atoms with E-state index in [0.717, 1.165) is 27.7 Å². The molecule has 0 amide bonds. The number of anilines is 1. The summed E-state index contributed by atoms with van der Waals surface area (Å²) in [7, 11) is 2.04. The molecule has 0 fully saturated rings. The Morgan fingerprint density at radius 3 is 2.57 bits per heavy atom. The molecule has 4 heteroatoms. The van der Waals surface area contributed by atoms with Gasteiger partial charge in [0.25, 0.3) is 0 Å². The molecule has 0 N–H and O–H groups in total. The maximum atomic E-state index is 6.12. The third-order valence-corrected chi connectivity index (χ3v) is 4.34. The van der Waals surface area contributed by atoms with Crippen molar-refractivity contribution in [3.05, 3.63) is 57.7 Å². The van der Waals surface area contributed by atoms with Gasteiger partial charge in [-0.25, -0.2) is 4.98 Å². The minimum Gasteiger partial charge on any atom is -0.353 e. The number of alkyl halides is 1. The summed E-state index contributed by atoms with van der Waals surface area (Å²) in [6.07, 6.45) is 0. The number of aromatic nitrogens is 1. The molecule has 0 bridgehead atoms. The summed E-state index contributed by atoms with van der Waals surface area (Å²) in [6, 6.07) is 10.2. The second kappa shape index (κ2) is 6.67. The molecule has 0 aliphatic carbocycles. The Morgan fingerprint density at radius 2 is 1.95 bits per heavy atom. The number of aryl methyl sites for hydroxylation is 2. The Kier molecular flexibility index (Phi) is 5.13. The van der Waals surface area contributed by atoms with Crippen LogP contribution in [0.25, 0.3) is 0 Å². The number of nitrogens with zero attached hydrogens (tertiary/aromatic N) is 2. The van der Waals surface area contributed by atoms with E-state index in [1.165, 1.54) is 5.56 Å². The number of benzene rings is 1. The highest BCUT2D eigenvalue weighted by Gasteiger charge is 2.18. The number of hydrogen-bond donors (Lipinski definition) is 0. The van der Waals surface area contributed by atoms with E-state index in [-0.39, 0.29) is 6.04 Å². The predicted molar refractivity (Wildman–Crippen MR) is 91.5 cm³/mol. The lowest BCUT2D eigenvalue weighted by Crippen LogP contribution is -2.24. The summed E-state index contributed by atoms with van der Waals surface area (Å²) < 4.78 is 0. The zero-order valence-corrected chi connectivity index (χ0v) is 14.3. The van der Waals surface area contributed by atoms with Gasteiger partial charge in [0.2, 0.25) is 0 Å². The molecule has 1 unspecified atom stereocenters. The van der Waals surface area contributed by atoms with Crippen LogP contribution in [0.2, 0.25) is 5.02 Å². The van der Waals surface area contributed by atoms with Gasteiger partial charge in [-0.15, -0.1) is 11.6 Å². The van der Waals surface area contributed by atoms with Crippen molar-refractivity contribution in [2.24, 2.45) is 0 Å². The molecule has 21 heavy (non-hydrogen) atoms. The second-order valence-corrected chi connectivity index (χ2v) is 6.06. The first-order valence-electron chi connectivity index (χ1n) is 6.95. The molecule has 112 valence electrons. The van der Waals surface area contributed by atoms with Crippen molar-refractivity contribution < 1.29 is 0 Å². The molecule has 2 aromatic rings. The monoisotopic (exact) mass is 322 g/mol. The van der Waals surface area contributed by atoms with Gasteiger partial charge in [0.15, 0.2) is 0 Å². The van der Waals surface area contributed by atoms with Gasteiger partial charge >= 0.3 is 0 Å². The summed E-state index contributed by atoms with van der Waals surface area (Å²) in [6.45, 7) is 6.23. The number of rotatable bonds is 4. The van der Waals surface area contributed by atoms with Crippen LogP contribution < -0.4 is 4.90 Å². The third-order valence-electron chi connectivity index (χ3n) is 3.83. The van der Waals surface area contributed by atoms with E-state index in [1.807, 2.05) is 32.2 Å². The lowest BCUT2D eigenvalue weighted by atomic mass is 10.1. The minimum atomic E-state index is 0.166. The summed E-state index contributed by atoms with van der Waals surface area (Å²) in [5, 5.41) is 0.749. The average molecular weight is 323 g/mol. The van der Waals surface area contributed by atoms with Gasteiger partial charge < -0.3 is 4.90 Å². The second-order valence-electron chi connectivity index (χ2n) is 5.36. The van der Waals surface area contributed by atoms with E-state index in [1.54, 1.807) is 0 Å². The highest BCUT2D eigenvalue weighted by molar-refractivity contribution is 6.30. The molecular weight excluding hydrogens is 303 g/mol. The van der Waals surface area contributed by atoms with Crippen molar-refractivity contribution in [2.45, 2.75) is 32.7 Å². The zero-order valence-electron chi connectivity index (χ0n) is 12.8. The van der Waals surface area contributed by atoms with Gasteiger partial charge in [-0.2, -0.15) is 0 Å².